The Morgan fingerprint density at radius 3 is 1.47 bits per heavy atom. The Bertz CT molecular complexity index is 283. The summed E-state index contributed by atoms with van der Waals surface area (Å²) in [6.07, 6.45) is 0. The molecule has 0 fully saturated rings. The number of primary amides is 2. The van der Waals surface area contributed by atoms with Gasteiger partial charge in [-0.1, -0.05) is 0 Å². The molecule has 0 aliphatic carbocycles. The number of hydrazine groups is 2. The van der Waals surface area contributed by atoms with Crippen molar-refractivity contribution in [1.29, 1.82) is 0 Å². The lowest BCUT2D eigenvalue weighted by atomic mass is 10.8. The standard InChI is InChI=1S/C4H9N7O6/c5-3(12)8(10(14)15)1-7-2-9(4(6)13)11(16)17/h7H,1-2H2,(H2,5,12)(H2,6,13). The highest BCUT2D eigenvalue weighted by Crippen LogP contribution is 1.88. The maximum absolute atomic E-state index is 10.5. The van der Waals surface area contributed by atoms with Gasteiger partial charge in [0.2, 0.25) is 0 Å². The van der Waals surface area contributed by atoms with Gasteiger partial charge in [0.15, 0.2) is 10.1 Å². The molecule has 0 atom stereocenters. The molecule has 0 saturated heterocycles. The van der Waals surface area contributed by atoms with E-state index in [9.17, 15) is 29.8 Å². The van der Waals surface area contributed by atoms with Crippen molar-refractivity contribution < 1.29 is 19.7 Å². The number of hydrogen-bond donors (Lipinski definition) is 3. The zero-order valence-electron chi connectivity index (χ0n) is 8.31. The summed E-state index contributed by atoms with van der Waals surface area (Å²) in [5.41, 5.74) is 9.28. The van der Waals surface area contributed by atoms with Crippen LogP contribution in [0.5, 0.6) is 0 Å². The number of carbonyl (C=O) groups is 2. The average molecular weight is 251 g/mol. The van der Waals surface area contributed by atoms with Gasteiger partial charge >= 0.3 is 12.1 Å². The third kappa shape index (κ3) is 4.56. The second-order valence-electron chi connectivity index (χ2n) is 2.52. The highest BCUT2D eigenvalue weighted by molar-refractivity contribution is 5.71. The Kier molecular flexibility index (Phi) is 5.05. The molecule has 4 amide bonds. The van der Waals surface area contributed by atoms with Gasteiger partial charge in [-0.3, -0.25) is 5.32 Å². The van der Waals surface area contributed by atoms with Crippen LogP contribution >= 0.6 is 0 Å². The lowest BCUT2D eigenvalue weighted by molar-refractivity contribution is -0.640. The van der Waals surface area contributed by atoms with Gasteiger partial charge in [0.1, 0.15) is 13.3 Å². The molecule has 13 heteroatoms. The summed E-state index contributed by atoms with van der Waals surface area (Å²) >= 11 is 0. The van der Waals surface area contributed by atoms with Crippen LogP contribution in [0.3, 0.4) is 0 Å². The third-order valence-electron chi connectivity index (χ3n) is 1.43. The summed E-state index contributed by atoms with van der Waals surface area (Å²) < 4.78 is 0. The number of amides is 4. The first-order valence-corrected chi connectivity index (χ1v) is 3.90. The van der Waals surface area contributed by atoms with Gasteiger partial charge in [0, 0.05) is 0 Å². The summed E-state index contributed by atoms with van der Waals surface area (Å²) in [5.74, 6) is 0. The van der Waals surface area contributed by atoms with Gasteiger partial charge in [-0.05, 0) is 10.0 Å². The van der Waals surface area contributed by atoms with Gasteiger partial charge in [0.05, 0.1) is 0 Å². The van der Waals surface area contributed by atoms with E-state index in [0.717, 1.165) is 0 Å². The van der Waals surface area contributed by atoms with Crippen LogP contribution < -0.4 is 16.8 Å². The Morgan fingerprint density at radius 1 is 1.00 bits per heavy atom. The highest BCUT2D eigenvalue weighted by Gasteiger charge is 2.24. The molecule has 0 heterocycles. The number of nitrogens with two attached hydrogens (primary N) is 2. The second kappa shape index (κ2) is 6.01. The minimum atomic E-state index is -1.37. The summed E-state index contributed by atoms with van der Waals surface area (Å²) in [7, 11) is 0. The molecule has 0 aromatic carbocycles. The molecule has 0 aromatic rings. The van der Waals surface area contributed by atoms with Gasteiger partial charge in [0.25, 0.3) is 0 Å². The molecule has 0 bridgehead atoms. The molecule has 17 heavy (non-hydrogen) atoms. The van der Waals surface area contributed by atoms with Crippen LogP contribution in [-0.2, 0) is 0 Å². The highest BCUT2D eigenvalue weighted by atomic mass is 16.7. The van der Waals surface area contributed by atoms with Crippen molar-refractivity contribution in [3.63, 3.8) is 0 Å². The molecule has 0 aliphatic rings. The number of urea groups is 2. The molecular weight excluding hydrogens is 242 g/mol. The molecule has 0 spiro atoms. The molecule has 13 nitrogen and oxygen atoms in total. The zero-order chi connectivity index (χ0) is 13.6. The summed E-state index contributed by atoms with van der Waals surface area (Å²) in [4.78, 5) is 41.5. The Hall–Kier alpha value is -2.70. The zero-order valence-corrected chi connectivity index (χ0v) is 8.31. The van der Waals surface area contributed by atoms with Crippen molar-refractivity contribution in [2.75, 3.05) is 13.3 Å². The predicted molar refractivity (Wildman–Crippen MR) is 49.7 cm³/mol. The third-order valence-corrected chi connectivity index (χ3v) is 1.43. The number of nitro groups is 2. The fourth-order valence-electron chi connectivity index (χ4n) is 0.694. The average Bonchev–Trinajstić information content (AvgIpc) is 2.14. The minimum Gasteiger partial charge on any atom is -0.347 e. The molecule has 96 valence electrons. The van der Waals surface area contributed by atoms with E-state index in [1.54, 1.807) is 0 Å². The van der Waals surface area contributed by atoms with Gasteiger partial charge in [-0.2, -0.15) is 0 Å². The van der Waals surface area contributed by atoms with Gasteiger partial charge in [-0.15, -0.1) is 0 Å². The van der Waals surface area contributed by atoms with E-state index in [0.29, 0.717) is 0 Å². The molecular formula is C4H9N7O6. The smallest absolute Gasteiger partial charge is 0.347 e. The largest absolute Gasteiger partial charge is 0.374 e. The number of carbonyl (C=O) groups excluding carboxylic acids is 2. The molecule has 0 aliphatic heterocycles. The Morgan fingerprint density at radius 2 is 1.29 bits per heavy atom. The quantitative estimate of drug-likeness (QED) is 0.267. The van der Waals surface area contributed by atoms with Crippen LogP contribution in [0.2, 0.25) is 0 Å². The first-order chi connectivity index (χ1) is 7.77. The topological polar surface area (TPSA) is 191 Å². The van der Waals surface area contributed by atoms with E-state index in [2.05, 4.69) is 16.8 Å². The summed E-state index contributed by atoms with van der Waals surface area (Å²) in [5, 5.41) is 20.2. The van der Waals surface area contributed by atoms with Crippen LogP contribution in [0.1, 0.15) is 0 Å². The first-order valence-electron chi connectivity index (χ1n) is 3.90. The number of rotatable bonds is 6. The molecule has 0 saturated carbocycles. The lowest BCUT2D eigenvalue weighted by Crippen LogP contribution is -2.51. The molecule has 0 radical (unpaired) electrons. The van der Waals surface area contributed by atoms with E-state index in [4.69, 9.17) is 0 Å². The lowest BCUT2D eigenvalue weighted by Gasteiger charge is -2.13. The number of nitrogens with zero attached hydrogens (tertiary/aromatic N) is 4. The summed E-state index contributed by atoms with van der Waals surface area (Å²) in [6, 6.07) is -2.73. The van der Waals surface area contributed by atoms with Crippen LogP contribution in [0.15, 0.2) is 0 Å². The maximum atomic E-state index is 10.5. The fraction of sp³-hybridized carbons (Fsp3) is 0.500. The van der Waals surface area contributed by atoms with E-state index in [1.807, 2.05) is 0 Å². The van der Waals surface area contributed by atoms with Crippen LogP contribution in [0.25, 0.3) is 0 Å². The van der Waals surface area contributed by atoms with Crippen molar-refractivity contribution in [3.05, 3.63) is 20.2 Å². The van der Waals surface area contributed by atoms with Crippen molar-refractivity contribution in [2.24, 2.45) is 11.5 Å². The molecule has 0 rings (SSSR count). The van der Waals surface area contributed by atoms with Crippen LogP contribution in [-0.4, -0.2) is 45.5 Å². The van der Waals surface area contributed by atoms with Crippen molar-refractivity contribution in [3.8, 4) is 0 Å². The number of nitrogens with one attached hydrogen (secondary N) is 1. The van der Waals surface area contributed by atoms with E-state index < -0.39 is 35.5 Å². The normalized spacial score (nSPS) is 9.41. The van der Waals surface area contributed by atoms with E-state index in [-0.39, 0.29) is 10.0 Å². The minimum absolute atomic E-state index is 0.0425. The predicted octanol–water partition coefficient (Wildman–Crippen LogP) is -2.36. The maximum Gasteiger partial charge on any atom is 0.374 e. The fourth-order valence-corrected chi connectivity index (χ4v) is 0.694. The molecule has 0 unspecified atom stereocenters. The van der Waals surface area contributed by atoms with Gasteiger partial charge < -0.3 is 11.5 Å². The van der Waals surface area contributed by atoms with Crippen LogP contribution in [0.4, 0.5) is 9.59 Å². The van der Waals surface area contributed by atoms with Crippen molar-refractivity contribution >= 4 is 12.1 Å². The number of hydrogen-bond acceptors (Lipinski definition) is 7. The van der Waals surface area contributed by atoms with Crippen molar-refractivity contribution in [1.82, 2.24) is 15.3 Å². The van der Waals surface area contributed by atoms with Gasteiger partial charge in [-0.25, -0.2) is 29.8 Å². The first kappa shape index (κ1) is 14.3. The second-order valence-corrected chi connectivity index (χ2v) is 2.52. The monoisotopic (exact) mass is 251 g/mol. The summed E-state index contributed by atoms with van der Waals surface area (Å²) in [6.45, 7) is -1.44. The van der Waals surface area contributed by atoms with Crippen molar-refractivity contribution in [2.45, 2.75) is 0 Å². The molecule has 5 N–H and O–H groups in total. The SMILES string of the molecule is NC(=O)N(CNCN(C(N)=O)[N+](=O)[O-])[N+](=O)[O-]. The molecule has 0 aromatic heterocycles. The van der Waals surface area contributed by atoms with E-state index >= 15 is 0 Å². The Balaban J connectivity index is 4.29. The van der Waals surface area contributed by atoms with Crippen LogP contribution in [0, 0.1) is 20.2 Å². The van der Waals surface area contributed by atoms with E-state index in [1.165, 1.54) is 0 Å². The Labute approximate surface area is 93.2 Å².